The predicted octanol–water partition coefficient (Wildman–Crippen LogP) is 0.378. The normalized spacial score (nSPS) is 11.4. The molecule has 0 spiro atoms. The highest BCUT2D eigenvalue weighted by Gasteiger charge is 2.07. The van der Waals surface area contributed by atoms with Crippen molar-refractivity contribution in [3.63, 3.8) is 0 Å². The highest BCUT2D eigenvalue weighted by molar-refractivity contribution is 7.86. The van der Waals surface area contributed by atoms with Gasteiger partial charge in [-0.3, -0.25) is 18.2 Å². The van der Waals surface area contributed by atoms with Crippen LogP contribution < -0.4 is 11.5 Å². The molecule has 0 heterocycles. The van der Waals surface area contributed by atoms with Gasteiger partial charge in [-0.05, 0) is 48.5 Å². The van der Waals surface area contributed by atoms with E-state index in [2.05, 4.69) is 0 Å². The molecular formula is C12H16N2O10S3. The molecule has 0 unspecified atom stereocenters. The van der Waals surface area contributed by atoms with Gasteiger partial charge in [-0.15, -0.1) is 0 Å². The van der Waals surface area contributed by atoms with E-state index in [1.165, 1.54) is 48.5 Å². The second-order valence-electron chi connectivity index (χ2n) is 4.54. The van der Waals surface area contributed by atoms with Gasteiger partial charge in [-0.25, -0.2) is 0 Å². The van der Waals surface area contributed by atoms with Gasteiger partial charge in [0, 0.05) is 11.4 Å². The van der Waals surface area contributed by atoms with E-state index in [1.54, 1.807) is 0 Å². The standard InChI is InChI=1S/2C6H7NO3S.H2O4S/c2*7-5-1-3-6(4-2-5)11(8,9)10;1-5(2,3)4/h2*1-4H,7H2,(H,8,9,10);(H2,1,2,3,4). The number of hydrogen-bond acceptors (Lipinski definition) is 8. The first kappa shape index (κ1) is 24.7. The molecule has 8 N–H and O–H groups in total. The molecule has 0 fully saturated rings. The summed E-state index contributed by atoms with van der Waals surface area (Å²) in [6.07, 6.45) is 0. The van der Waals surface area contributed by atoms with Crippen molar-refractivity contribution in [1.29, 1.82) is 0 Å². The first-order valence-corrected chi connectivity index (χ1v) is 10.6. The molecule has 2 rings (SSSR count). The van der Waals surface area contributed by atoms with Gasteiger partial charge >= 0.3 is 10.4 Å². The molecule has 0 saturated carbocycles. The molecule has 0 atom stereocenters. The lowest BCUT2D eigenvalue weighted by Crippen LogP contribution is -1.97. The van der Waals surface area contributed by atoms with E-state index in [0.29, 0.717) is 11.4 Å². The lowest BCUT2D eigenvalue weighted by Gasteiger charge is -1.95. The van der Waals surface area contributed by atoms with Gasteiger partial charge in [0.15, 0.2) is 0 Å². The van der Waals surface area contributed by atoms with Gasteiger partial charge in [-0.2, -0.15) is 25.3 Å². The Kier molecular flexibility index (Phi) is 8.80. The molecule has 0 aliphatic rings. The number of hydrogen-bond donors (Lipinski definition) is 6. The highest BCUT2D eigenvalue weighted by Crippen LogP contribution is 2.11. The molecular weight excluding hydrogens is 428 g/mol. The third-order valence-corrected chi connectivity index (χ3v) is 4.09. The summed E-state index contributed by atoms with van der Waals surface area (Å²) in [4.78, 5) is -0.293. The summed E-state index contributed by atoms with van der Waals surface area (Å²) >= 11 is 0. The fourth-order valence-electron chi connectivity index (χ4n) is 1.28. The van der Waals surface area contributed by atoms with Crippen LogP contribution in [-0.4, -0.2) is 43.5 Å². The van der Waals surface area contributed by atoms with E-state index in [-0.39, 0.29) is 9.79 Å². The van der Waals surface area contributed by atoms with Crippen LogP contribution in [0, 0.1) is 0 Å². The third kappa shape index (κ3) is 12.7. The zero-order valence-electron chi connectivity index (χ0n) is 13.2. The second kappa shape index (κ2) is 9.60. The molecule has 2 aromatic rings. The topological polar surface area (TPSA) is 235 Å². The molecule has 0 amide bonds. The molecule has 2 aromatic carbocycles. The molecule has 0 saturated heterocycles. The van der Waals surface area contributed by atoms with Crippen molar-refractivity contribution in [2.45, 2.75) is 9.79 Å². The van der Waals surface area contributed by atoms with Gasteiger partial charge in [-0.1, -0.05) is 0 Å². The SMILES string of the molecule is Nc1ccc(S(=O)(=O)O)cc1.Nc1ccc(S(=O)(=O)O)cc1.O=S(=O)(O)O. The Morgan fingerprint density at radius 2 is 0.704 bits per heavy atom. The number of rotatable bonds is 2. The van der Waals surface area contributed by atoms with Crippen molar-refractivity contribution in [2.24, 2.45) is 0 Å². The number of nitrogen functional groups attached to an aromatic ring is 2. The van der Waals surface area contributed by atoms with Crippen molar-refractivity contribution in [3.8, 4) is 0 Å². The average Bonchev–Trinajstić information content (AvgIpc) is 2.45. The lowest BCUT2D eigenvalue weighted by atomic mass is 10.3. The molecule has 0 bridgehead atoms. The first-order chi connectivity index (χ1) is 12.0. The molecule has 27 heavy (non-hydrogen) atoms. The second-order valence-corrected chi connectivity index (χ2v) is 8.27. The summed E-state index contributed by atoms with van der Waals surface area (Å²) < 4.78 is 90.4. The first-order valence-electron chi connectivity index (χ1n) is 6.36. The zero-order chi connectivity index (χ0) is 21.5. The van der Waals surface area contributed by atoms with Gasteiger partial charge in [0.1, 0.15) is 0 Å². The minimum Gasteiger partial charge on any atom is -0.399 e. The van der Waals surface area contributed by atoms with Crippen molar-refractivity contribution in [1.82, 2.24) is 0 Å². The van der Waals surface area contributed by atoms with E-state index in [1.807, 2.05) is 0 Å². The number of anilines is 2. The van der Waals surface area contributed by atoms with Crippen molar-refractivity contribution < 1.29 is 43.5 Å². The van der Waals surface area contributed by atoms with E-state index in [9.17, 15) is 16.8 Å². The maximum absolute atomic E-state index is 10.5. The van der Waals surface area contributed by atoms with E-state index in [0.717, 1.165) is 0 Å². The molecule has 15 heteroatoms. The summed E-state index contributed by atoms with van der Waals surface area (Å²) in [6.45, 7) is 0. The quantitative estimate of drug-likeness (QED) is 0.272. The van der Waals surface area contributed by atoms with Crippen LogP contribution in [0.4, 0.5) is 11.4 Å². The third-order valence-electron chi connectivity index (χ3n) is 2.36. The van der Waals surface area contributed by atoms with Crippen LogP contribution >= 0.6 is 0 Å². The van der Waals surface area contributed by atoms with Crippen LogP contribution in [0.5, 0.6) is 0 Å². The van der Waals surface area contributed by atoms with Crippen LogP contribution in [0.1, 0.15) is 0 Å². The summed E-state index contributed by atoms with van der Waals surface area (Å²) in [5.74, 6) is 0. The molecule has 0 radical (unpaired) electrons. The van der Waals surface area contributed by atoms with E-state index in [4.69, 9.17) is 38.1 Å². The molecule has 152 valence electrons. The fraction of sp³-hybridized carbons (Fsp3) is 0. The van der Waals surface area contributed by atoms with Crippen molar-refractivity contribution in [2.75, 3.05) is 11.5 Å². The van der Waals surface area contributed by atoms with Crippen molar-refractivity contribution >= 4 is 42.0 Å². The van der Waals surface area contributed by atoms with Crippen LogP contribution in [-0.2, 0) is 30.6 Å². The van der Waals surface area contributed by atoms with E-state index >= 15 is 0 Å². The maximum atomic E-state index is 10.5. The Labute approximate surface area is 155 Å². The summed E-state index contributed by atoms with van der Waals surface area (Å²) in [5, 5.41) is 0. The minimum atomic E-state index is -4.67. The minimum absolute atomic E-state index is 0.147. The molecule has 0 aliphatic carbocycles. The lowest BCUT2D eigenvalue weighted by molar-refractivity contribution is 0.380. The van der Waals surface area contributed by atoms with E-state index < -0.39 is 30.6 Å². The van der Waals surface area contributed by atoms with Gasteiger partial charge in [0.25, 0.3) is 20.2 Å². The van der Waals surface area contributed by atoms with Crippen LogP contribution in [0.25, 0.3) is 0 Å². The smallest absolute Gasteiger partial charge is 0.394 e. The highest BCUT2D eigenvalue weighted by atomic mass is 32.3. The van der Waals surface area contributed by atoms with Crippen molar-refractivity contribution in [3.05, 3.63) is 48.5 Å². The van der Waals surface area contributed by atoms with Gasteiger partial charge in [0.2, 0.25) is 0 Å². The number of nitrogens with two attached hydrogens (primary N) is 2. The largest absolute Gasteiger partial charge is 0.399 e. The molecule has 0 aliphatic heterocycles. The van der Waals surface area contributed by atoms with Crippen LogP contribution in [0.3, 0.4) is 0 Å². The molecule has 0 aromatic heterocycles. The monoisotopic (exact) mass is 444 g/mol. The summed E-state index contributed by atoms with van der Waals surface area (Å²) in [7, 11) is -12.8. The maximum Gasteiger partial charge on any atom is 0.394 e. The van der Waals surface area contributed by atoms with Crippen LogP contribution in [0.15, 0.2) is 58.3 Å². The summed E-state index contributed by atoms with van der Waals surface area (Å²) in [6, 6.07) is 10.6. The van der Waals surface area contributed by atoms with Crippen LogP contribution in [0.2, 0.25) is 0 Å². The Morgan fingerprint density at radius 1 is 0.519 bits per heavy atom. The Morgan fingerprint density at radius 3 is 0.852 bits per heavy atom. The predicted molar refractivity (Wildman–Crippen MR) is 95.5 cm³/mol. The zero-order valence-corrected chi connectivity index (χ0v) is 15.7. The molecule has 12 nitrogen and oxygen atoms in total. The summed E-state index contributed by atoms with van der Waals surface area (Å²) in [5.41, 5.74) is 11.5. The number of benzene rings is 2. The fourth-order valence-corrected chi connectivity index (χ4v) is 2.24. The van der Waals surface area contributed by atoms with Gasteiger partial charge in [0.05, 0.1) is 9.79 Å². The Balaban J connectivity index is 0.000000405. The Bertz CT molecular complexity index is 964. The average molecular weight is 444 g/mol. The Hall–Kier alpha value is -2.27. The van der Waals surface area contributed by atoms with Gasteiger partial charge < -0.3 is 11.5 Å².